The molecule has 2 aromatic rings. The van der Waals surface area contributed by atoms with E-state index in [1.165, 1.54) is 12.1 Å². The number of aromatic nitrogens is 1. The minimum absolute atomic E-state index is 0.0795. The second-order valence-corrected chi connectivity index (χ2v) is 7.17. The third-order valence-corrected chi connectivity index (χ3v) is 5.67. The highest BCUT2D eigenvalue weighted by molar-refractivity contribution is 5.88. The molecule has 0 saturated carbocycles. The Balaban J connectivity index is 1.65. The summed E-state index contributed by atoms with van der Waals surface area (Å²) < 4.78 is 13.2. The molecule has 5 heteroatoms. The number of halogens is 1. The van der Waals surface area contributed by atoms with E-state index in [1.807, 2.05) is 18.0 Å². The molecule has 1 N–H and O–H groups in total. The second-order valence-electron chi connectivity index (χ2n) is 7.17. The predicted octanol–water partition coefficient (Wildman–Crippen LogP) is 3.22. The molecule has 1 spiro atoms. The number of rotatable bonds is 2. The Morgan fingerprint density at radius 2 is 2.00 bits per heavy atom. The standard InChI is InChI=1S/C20H22FN3O/c1-13-16(14-3-5-15(21)6-4-14)8-11-22-18(13)17-7-9-20(23-17)10-12-24(2)19(20)25/h3-6,8,11,17,23H,7,9-10,12H2,1-2H3/t17-,20+/m0/s1. The topological polar surface area (TPSA) is 45.2 Å². The fourth-order valence-electron chi connectivity index (χ4n) is 4.22. The van der Waals surface area contributed by atoms with Gasteiger partial charge < -0.3 is 4.90 Å². The molecule has 4 rings (SSSR count). The molecule has 1 aromatic carbocycles. The molecule has 2 atom stereocenters. The maximum Gasteiger partial charge on any atom is 0.242 e. The number of hydrogen-bond acceptors (Lipinski definition) is 3. The summed E-state index contributed by atoms with van der Waals surface area (Å²) in [5, 5.41) is 3.58. The van der Waals surface area contributed by atoms with E-state index < -0.39 is 5.54 Å². The summed E-state index contributed by atoms with van der Waals surface area (Å²) in [5.41, 5.74) is 3.69. The SMILES string of the molecule is Cc1c(-c2ccc(F)cc2)ccnc1[C@@H]1CC[C@]2(CCN(C)C2=O)N1. The fourth-order valence-corrected chi connectivity index (χ4v) is 4.22. The molecule has 2 fully saturated rings. The number of benzene rings is 1. The largest absolute Gasteiger partial charge is 0.344 e. The summed E-state index contributed by atoms with van der Waals surface area (Å²) in [6, 6.07) is 8.58. The number of likely N-dealkylation sites (tertiary alicyclic amines) is 1. The predicted molar refractivity (Wildman–Crippen MR) is 94.5 cm³/mol. The van der Waals surface area contributed by atoms with Crippen LogP contribution in [0.2, 0.25) is 0 Å². The Labute approximate surface area is 147 Å². The zero-order valence-electron chi connectivity index (χ0n) is 14.6. The van der Waals surface area contributed by atoms with Crippen molar-refractivity contribution in [1.82, 2.24) is 15.2 Å². The smallest absolute Gasteiger partial charge is 0.242 e. The molecule has 0 aliphatic carbocycles. The van der Waals surface area contributed by atoms with Gasteiger partial charge in [-0.2, -0.15) is 0 Å². The first-order valence-corrected chi connectivity index (χ1v) is 8.75. The minimum atomic E-state index is -0.417. The van der Waals surface area contributed by atoms with E-state index in [2.05, 4.69) is 17.2 Å². The Morgan fingerprint density at radius 3 is 2.68 bits per heavy atom. The molecular formula is C20H22FN3O. The molecule has 130 valence electrons. The lowest BCUT2D eigenvalue weighted by atomic mass is 9.95. The van der Waals surface area contributed by atoms with Crippen LogP contribution >= 0.6 is 0 Å². The lowest BCUT2D eigenvalue weighted by Crippen LogP contribution is -2.47. The molecule has 4 nitrogen and oxygen atoms in total. The van der Waals surface area contributed by atoms with Gasteiger partial charge in [-0.15, -0.1) is 0 Å². The fraction of sp³-hybridized carbons (Fsp3) is 0.400. The van der Waals surface area contributed by atoms with Crippen LogP contribution in [0.3, 0.4) is 0 Å². The van der Waals surface area contributed by atoms with E-state index >= 15 is 0 Å². The van der Waals surface area contributed by atoms with Gasteiger partial charge in [-0.1, -0.05) is 12.1 Å². The summed E-state index contributed by atoms with van der Waals surface area (Å²) in [6.07, 6.45) is 4.41. The highest BCUT2D eigenvalue weighted by atomic mass is 19.1. The van der Waals surface area contributed by atoms with Crippen LogP contribution in [-0.2, 0) is 4.79 Å². The number of hydrogen-bond donors (Lipinski definition) is 1. The van der Waals surface area contributed by atoms with Crippen LogP contribution in [0, 0.1) is 12.7 Å². The highest BCUT2D eigenvalue weighted by Gasteiger charge is 2.50. The molecule has 2 saturated heterocycles. The molecule has 2 aliphatic rings. The van der Waals surface area contributed by atoms with Crippen molar-refractivity contribution < 1.29 is 9.18 Å². The van der Waals surface area contributed by atoms with E-state index in [-0.39, 0.29) is 17.8 Å². The number of nitrogens with zero attached hydrogens (tertiary/aromatic N) is 2. The maximum atomic E-state index is 13.2. The van der Waals surface area contributed by atoms with E-state index in [0.29, 0.717) is 0 Å². The zero-order valence-corrected chi connectivity index (χ0v) is 14.6. The quantitative estimate of drug-likeness (QED) is 0.914. The lowest BCUT2D eigenvalue weighted by molar-refractivity contribution is -0.131. The van der Waals surface area contributed by atoms with Crippen molar-refractivity contribution in [3.63, 3.8) is 0 Å². The van der Waals surface area contributed by atoms with Gasteiger partial charge in [0.2, 0.25) is 5.91 Å². The third-order valence-electron chi connectivity index (χ3n) is 5.67. The number of carbonyl (C=O) groups is 1. The van der Waals surface area contributed by atoms with Gasteiger partial charge in [0.25, 0.3) is 0 Å². The summed E-state index contributed by atoms with van der Waals surface area (Å²) >= 11 is 0. The van der Waals surface area contributed by atoms with E-state index in [1.54, 1.807) is 18.3 Å². The van der Waals surface area contributed by atoms with Crippen LogP contribution in [0.15, 0.2) is 36.5 Å². The van der Waals surface area contributed by atoms with Gasteiger partial charge in [0, 0.05) is 19.8 Å². The Morgan fingerprint density at radius 1 is 1.24 bits per heavy atom. The summed E-state index contributed by atoms with van der Waals surface area (Å²) in [5.74, 6) is -0.0405. The Hall–Kier alpha value is -2.27. The number of likely N-dealkylation sites (N-methyl/N-ethyl adjacent to an activating group) is 1. The van der Waals surface area contributed by atoms with E-state index in [9.17, 15) is 9.18 Å². The summed E-state index contributed by atoms with van der Waals surface area (Å²) in [6.45, 7) is 2.86. The van der Waals surface area contributed by atoms with Gasteiger partial charge in [-0.3, -0.25) is 15.1 Å². The number of carbonyl (C=O) groups excluding carboxylic acids is 1. The average molecular weight is 339 g/mol. The monoisotopic (exact) mass is 339 g/mol. The number of pyridine rings is 1. The summed E-state index contributed by atoms with van der Waals surface area (Å²) in [7, 11) is 1.87. The van der Waals surface area contributed by atoms with Crippen molar-refractivity contribution in [2.24, 2.45) is 0 Å². The highest BCUT2D eigenvalue weighted by Crippen LogP contribution is 2.40. The molecule has 0 radical (unpaired) electrons. The van der Waals surface area contributed by atoms with Gasteiger partial charge in [-0.25, -0.2) is 4.39 Å². The van der Waals surface area contributed by atoms with Crippen molar-refractivity contribution in [2.45, 2.75) is 37.8 Å². The first-order valence-electron chi connectivity index (χ1n) is 8.75. The molecule has 0 unspecified atom stereocenters. The molecule has 1 amide bonds. The van der Waals surface area contributed by atoms with Gasteiger partial charge in [0.15, 0.2) is 0 Å². The van der Waals surface area contributed by atoms with Gasteiger partial charge in [0.05, 0.1) is 11.7 Å². The van der Waals surface area contributed by atoms with Crippen LogP contribution in [0.25, 0.3) is 11.1 Å². The van der Waals surface area contributed by atoms with Crippen LogP contribution in [-0.4, -0.2) is 34.9 Å². The van der Waals surface area contributed by atoms with Crippen LogP contribution < -0.4 is 5.32 Å². The average Bonchev–Trinajstić information content (AvgIpc) is 3.16. The second kappa shape index (κ2) is 5.92. The maximum absolute atomic E-state index is 13.2. The Bertz CT molecular complexity index is 820. The van der Waals surface area contributed by atoms with Crippen LogP contribution in [0.5, 0.6) is 0 Å². The molecule has 3 heterocycles. The lowest BCUT2D eigenvalue weighted by Gasteiger charge is -2.24. The van der Waals surface area contributed by atoms with E-state index in [0.717, 1.165) is 48.2 Å². The van der Waals surface area contributed by atoms with Crippen LogP contribution in [0.1, 0.15) is 36.6 Å². The van der Waals surface area contributed by atoms with E-state index in [4.69, 9.17) is 0 Å². The zero-order chi connectivity index (χ0) is 17.6. The molecular weight excluding hydrogens is 317 g/mol. The summed E-state index contributed by atoms with van der Waals surface area (Å²) in [4.78, 5) is 18.9. The first kappa shape index (κ1) is 16.2. The normalized spacial score (nSPS) is 26.0. The Kier molecular flexibility index (Phi) is 3.84. The van der Waals surface area contributed by atoms with Crippen molar-refractivity contribution in [2.75, 3.05) is 13.6 Å². The van der Waals surface area contributed by atoms with Crippen molar-refractivity contribution in [3.8, 4) is 11.1 Å². The number of nitrogens with one attached hydrogen (secondary N) is 1. The molecule has 0 bridgehead atoms. The van der Waals surface area contributed by atoms with Gasteiger partial charge >= 0.3 is 0 Å². The van der Waals surface area contributed by atoms with Gasteiger partial charge in [-0.05, 0) is 61.1 Å². The molecule has 2 aliphatic heterocycles. The first-order chi connectivity index (χ1) is 12.0. The van der Waals surface area contributed by atoms with Crippen molar-refractivity contribution in [1.29, 1.82) is 0 Å². The van der Waals surface area contributed by atoms with Gasteiger partial charge in [0.1, 0.15) is 11.4 Å². The van der Waals surface area contributed by atoms with Crippen molar-refractivity contribution >= 4 is 5.91 Å². The molecule has 1 aromatic heterocycles. The van der Waals surface area contributed by atoms with Crippen LogP contribution in [0.4, 0.5) is 4.39 Å². The molecule has 25 heavy (non-hydrogen) atoms. The van der Waals surface area contributed by atoms with Crippen molar-refractivity contribution in [3.05, 3.63) is 53.6 Å². The minimum Gasteiger partial charge on any atom is -0.344 e. The number of amides is 1. The third kappa shape index (κ3) is 2.63.